The van der Waals surface area contributed by atoms with Crippen molar-refractivity contribution in [3.05, 3.63) is 32.7 Å². The number of aromatic nitrogens is 1. The molecule has 1 heterocycles. The first kappa shape index (κ1) is 9.98. The molecule has 0 fully saturated rings. The van der Waals surface area contributed by atoms with Crippen molar-refractivity contribution in [3.8, 4) is 0 Å². The van der Waals surface area contributed by atoms with Crippen LogP contribution in [-0.4, -0.2) is 15.6 Å². The van der Waals surface area contributed by atoms with Crippen LogP contribution >= 0.6 is 15.9 Å². The normalized spacial score (nSPS) is 10.0. The van der Waals surface area contributed by atoms with Crippen molar-refractivity contribution in [1.29, 1.82) is 0 Å². The molecule has 1 aromatic rings. The van der Waals surface area contributed by atoms with Gasteiger partial charge in [0.25, 0.3) is 5.56 Å². The summed E-state index contributed by atoms with van der Waals surface area (Å²) in [6.45, 7) is 1.47. The Kier molecular flexibility index (Phi) is 2.87. The number of halogens is 1. The lowest BCUT2D eigenvalue weighted by molar-refractivity contribution is -0.137. The van der Waals surface area contributed by atoms with E-state index in [0.29, 0.717) is 0 Å². The Morgan fingerprint density at radius 2 is 2.31 bits per heavy atom. The highest BCUT2D eigenvalue weighted by Crippen LogP contribution is 2.11. The van der Waals surface area contributed by atoms with Crippen LogP contribution in [0.2, 0.25) is 0 Å². The second kappa shape index (κ2) is 3.74. The molecule has 0 aliphatic rings. The Bertz CT molecular complexity index is 397. The number of aryl methyl sites for hydroxylation is 1. The minimum atomic E-state index is -1.03. The maximum absolute atomic E-state index is 11.2. The lowest BCUT2D eigenvalue weighted by Crippen LogP contribution is -2.23. The van der Waals surface area contributed by atoms with Crippen molar-refractivity contribution < 1.29 is 9.90 Å². The van der Waals surface area contributed by atoms with Crippen molar-refractivity contribution in [2.24, 2.45) is 0 Å². The predicted molar refractivity (Wildman–Crippen MR) is 50.8 cm³/mol. The molecule has 0 bridgehead atoms. The third kappa shape index (κ3) is 2.42. The molecule has 0 atom stereocenters. The first-order valence-electron chi connectivity index (χ1n) is 3.59. The maximum Gasteiger partial charge on any atom is 0.323 e. The Morgan fingerprint density at radius 3 is 2.85 bits per heavy atom. The molecular weight excluding hydrogens is 238 g/mol. The molecule has 0 saturated carbocycles. The van der Waals surface area contributed by atoms with Crippen LogP contribution < -0.4 is 5.56 Å². The summed E-state index contributed by atoms with van der Waals surface area (Å²) in [4.78, 5) is 21.5. The summed E-state index contributed by atoms with van der Waals surface area (Å²) in [6, 6.07) is 1.40. The molecule has 13 heavy (non-hydrogen) atoms. The zero-order chi connectivity index (χ0) is 10.0. The Labute approximate surface area is 82.9 Å². The molecule has 0 unspecified atom stereocenters. The van der Waals surface area contributed by atoms with Gasteiger partial charge in [-0.1, -0.05) is 0 Å². The van der Waals surface area contributed by atoms with E-state index in [-0.39, 0.29) is 12.1 Å². The summed E-state index contributed by atoms with van der Waals surface area (Å²) in [6.07, 6.45) is 1.48. The molecule has 5 heteroatoms. The largest absolute Gasteiger partial charge is 0.480 e. The molecule has 0 spiro atoms. The summed E-state index contributed by atoms with van der Waals surface area (Å²) in [5.74, 6) is -1.03. The highest BCUT2D eigenvalue weighted by Gasteiger charge is 2.04. The molecule has 0 saturated heterocycles. The number of carbonyl (C=O) groups is 1. The molecule has 0 aliphatic carbocycles. The lowest BCUT2D eigenvalue weighted by Gasteiger charge is -2.03. The number of aliphatic carboxylic acids is 1. The fourth-order valence-electron chi connectivity index (χ4n) is 0.909. The van der Waals surface area contributed by atoms with Gasteiger partial charge in [-0.05, 0) is 28.4 Å². The first-order chi connectivity index (χ1) is 6.00. The monoisotopic (exact) mass is 245 g/mol. The van der Waals surface area contributed by atoms with E-state index in [4.69, 9.17) is 5.11 Å². The molecule has 0 radical (unpaired) electrons. The molecule has 1 N–H and O–H groups in total. The summed E-state index contributed by atoms with van der Waals surface area (Å²) < 4.78 is 1.87. The summed E-state index contributed by atoms with van der Waals surface area (Å²) in [5, 5.41) is 8.48. The van der Waals surface area contributed by atoms with Gasteiger partial charge in [-0.3, -0.25) is 9.59 Å². The van der Waals surface area contributed by atoms with Crippen molar-refractivity contribution in [2.45, 2.75) is 13.5 Å². The van der Waals surface area contributed by atoms with Crippen LogP contribution in [0.5, 0.6) is 0 Å². The fourth-order valence-corrected chi connectivity index (χ4v) is 1.27. The van der Waals surface area contributed by atoms with E-state index in [0.717, 1.165) is 14.6 Å². The topological polar surface area (TPSA) is 59.3 Å². The second-order valence-corrected chi connectivity index (χ2v) is 3.52. The first-order valence-corrected chi connectivity index (χ1v) is 4.38. The average Bonchev–Trinajstić information content (AvgIpc) is 1.99. The molecule has 0 aliphatic heterocycles. The van der Waals surface area contributed by atoms with Gasteiger partial charge in [0.2, 0.25) is 0 Å². The SMILES string of the molecule is Cc1cc(=O)n(CC(=O)O)cc1Br. The van der Waals surface area contributed by atoms with Crippen LogP contribution in [0.3, 0.4) is 0 Å². The van der Waals surface area contributed by atoms with Gasteiger partial charge in [-0.2, -0.15) is 0 Å². The highest BCUT2D eigenvalue weighted by molar-refractivity contribution is 9.10. The van der Waals surface area contributed by atoms with Gasteiger partial charge in [0.1, 0.15) is 6.54 Å². The summed E-state index contributed by atoms with van der Waals surface area (Å²) >= 11 is 3.22. The van der Waals surface area contributed by atoms with Gasteiger partial charge >= 0.3 is 5.97 Å². The fraction of sp³-hybridized carbons (Fsp3) is 0.250. The van der Waals surface area contributed by atoms with Crippen LogP contribution in [0, 0.1) is 6.92 Å². The Morgan fingerprint density at radius 1 is 1.69 bits per heavy atom. The van der Waals surface area contributed by atoms with Gasteiger partial charge in [0, 0.05) is 16.7 Å². The van der Waals surface area contributed by atoms with Crippen LogP contribution in [-0.2, 0) is 11.3 Å². The molecule has 70 valence electrons. The van der Waals surface area contributed by atoms with Gasteiger partial charge in [-0.15, -0.1) is 0 Å². The van der Waals surface area contributed by atoms with Crippen molar-refractivity contribution >= 4 is 21.9 Å². The van der Waals surface area contributed by atoms with Crippen LogP contribution in [0.1, 0.15) is 5.56 Å². The van der Waals surface area contributed by atoms with E-state index in [1.807, 2.05) is 0 Å². The molecule has 4 nitrogen and oxygen atoms in total. The smallest absolute Gasteiger partial charge is 0.323 e. The van der Waals surface area contributed by atoms with Crippen LogP contribution in [0.25, 0.3) is 0 Å². The summed E-state index contributed by atoms with van der Waals surface area (Å²) in [7, 11) is 0. The molecular formula is C8H8BrNO3. The molecule has 1 rings (SSSR count). The molecule has 1 aromatic heterocycles. The number of carboxylic acid groups (broad SMARTS) is 1. The average molecular weight is 246 g/mol. The zero-order valence-electron chi connectivity index (χ0n) is 6.95. The number of hydrogen-bond donors (Lipinski definition) is 1. The minimum Gasteiger partial charge on any atom is -0.480 e. The van der Waals surface area contributed by atoms with E-state index in [2.05, 4.69) is 15.9 Å². The predicted octanol–water partition coefficient (Wildman–Crippen LogP) is 1.00. The standard InChI is InChI=1S/C8H8BrNO3/c1-5-2-7(11)10(3-6(5)9)4-8(12)13/h2-3H,4H2,1H3,(H,12,13). The van der Waals surface area contributed by atoms with E-state index in [9.17, 15) is 9.59 Å². The van der Waals surface area contributed by atoms with Crippen molar-refractivity contribution in [1.82, 2.24) is 4.57 Å². The van der Waals surface area contributed by atoms with Crippen molar-refractivity contribution in [2.75, 3.05) is 0 Å². The lowest BCUT2D eigenvalue weighted by atomic mass is 10.3. The van der Waals surface area contributed by atoms with E-state index in [1.165, 1.54) is 12.3 Å². The third-order valence-corrected chi connectivity index (χ3v) is 2.40. The Hall–Kier alpha value is -1.10. The van der Waals surface area contributed by atoms with E-state index >= 15 is 0 Å². The maximum atomic E-state index is 11.2. The molecule has 0 amide bonds. The quantitative estimate of drug-likeness (QED) is 0.846. The summed E-state index contributed by atoms with van der Waals surface area (Å²) in [5.41, 5.74) is 0.495. The van der Waals surface area contributed by atoms with Gasteiger partial charge in [-0.25, -0.2) is 0 Å². The number of pyridine rings is 1. The van der Waals surface area contributed by atoms with Crippen LogP contribution in [0.15, 0.2) is 21.5 Å². The van der Waals surface area contributed by atoms with E-state index in [1.54, 1.807) is 6.92 Å². The van der Waals surface area contributed by atoms with Gasteiger partial charge in [0.15, 0.2) is 0 Å². The minimum absolute atomic E-state index is 0.303. The number of nitrogens with zero attached hydrogens (tertiary/aromatic N) is 1. The van der Waals surface area contributed by atoms with Gasteiger partial charge in [0.05, 0.1) is 0 Å². The van der Waals surface area contributed by atoms with Crippen LogP contribution in [0.4, 0.5) is 0 Å². The number of hydrogen-bond acceptors (Lipinski definition) is 2. The second-order valence-electron chi connectivity index (χ2n) is 2.66. The number of carboxylic acids is 1. The third-order valence-electron chi connectivity index (χ3n) is 1.57. The van der Waals surface area contributed by atoms with Gasteiger partial charge < -0.3 is 9.67 Å². The van der Waals surface area contributed by atoms with E-state index < -0.39 is 5.97 Å². The zero-order valence-corrected chi connectivity index (χ0v) is 8.54. The van der Waals surface area contributed by atoms with Crippen molar-refractivity contribution in [3.63, 3.8) is 0 Å². The number of rotatable bonds is 2. The molecule has 0 aromatic carbocycles. The Balaban J connectivity index is 3.16. The highest BCUT2D eigenvalue weighted by atomic mass is 79.9.